The third-order valence-electron chi connectivity index (χ3n) is 3.35. The minimum Gasteiger partial charge on any atom is -0.461 e. The fourth-order valence-corrected chi connectivity index (χ4v) is 2.17. The Morgan fingerprint density at radius 1 is 1.26 bits per heavy atom. The van der Waals surface area contributed by atoms with Crippen molar-refractivity contribution < 1.29 is 9.53 Å². The van der Waals surface area contributed by atoms with Crippen molar-refractivity contribution in [3.8, 4) is 11.3 Å². The fraction of sp³-hybridized carbons (Fsp3) is 0.250. The Balaban J connectivity index is 1.91. The summed E-state index contributed by atoms with van der Waals surface area (Å²) >= 11 is 0. The zero-order valence-corrected chi connectivity index (χ0v) is 13.0. The maximum Gasteiger partial charge on any atom is 0.343 e. The third-order valence-corrected chi connectivity index (χ3v) is 3.35. The molecule has 0 aliphatic heterocycles. The SMILES string of the molecule is CN(C)CCOC(=O)c1cnn2c(-c3cccnc3)ccnc12. The van der Waals surface area contributed by atoms with Gasteiger partial charge in [-0.2, -0.15) is 5.10 Å². The average Bonchev–Trinajstić information content (AvgIpc) is 2.99. The number of rotatable bonds is 5. The van der Waals surface area contributed by atoms with Crippen LogP contribution in [-0.2, 0) is 4.74 Å². The zero-order chi connectivity index (χ0) is 16.2. The van der Waals surface area contributed by atoms with Crippen LogP contribution in [0.2, 0.25) is 0 Å². The molecular weight excluding hydrogens is 294 g/mol. The lowest BCUT2D eigenvalue weighted by Gasteiger charge is -2.09. The number of ether oxygens (including phenoxy) is 1. The molecule has 0 N–H and O–H groups in total. The highest BCUT2D eigenvalue weighted by Crippen LogP contribution is 2.20. The van der Waals surface area contributed by atoms with E-state index in [1.54, 1.807) is 23.1 Å². The van der Waals surface area contributed by atoms with Crippen LogP contribution in [0.3, 0.4) is 0 Å². The maximum absolute atomic E-state index is 12.2. The van der Waals surface area contributed by atoms with Crippen molar-refractivity contribution in [1.82, 2.24) is 24.5 Å². The lowest BCUT2D eigenvalue weighted by Crippen LogP contribution is -2.20. The molecule has 0 atom stereocenters. The smallest absolute Gasteiger partial charge is 0.343 e. The summed E-state index contributed by atoms with van der Waals surface area (Å²) < 4.78 is 6.89. The van der Waals surface area contributed by atoms with Crippen LogP contribution in [0.4, 0.5) is 0 Å². The summed E-state index contributed by atoms with van der Waals surface area (Å²) in [4.78, 5) is 22.5. The first-order chi connectivity index (χ1) is 11.2. The number of pyridine rings is 1. The van der Waals surface area contributed by atoms with Gasteiger partial charge in [-0.25, -0.2) is 14.3 Å². The van der Waals surface area contributed by atoms with Crippen LogP contribution in [0.15, 0.2) is 43.0 Å². The second kappa shape index (κ2) is 6.53. The molecular formula is C16H17N5O2. The van der Waals surface area contributed by atoms with E-state index in [2.05, 4.69) is 15.1 Å². The van der Waals surface area contributed by atoms with Gasteiger partial charge in [-0.15, -0.1) is 0 Å². The van der Waals surface area contributed by atoms with Gasteiger partial charge in [0.05, 0.1) is 11.9 Å². The summed E-state index contributed by atoms with van der Waals surface area (Å²) in [5.41, 5.74) is 2.54. The predicted molar refractivity (Wildman–Crippen MR) is 85.1 cm³/mol. The van der Waals surface area contributed by atoms with E-state index in [1.165, 1.54) is 6.20 Å². The van der Waals surface area contributed by atoms with Crippen molar-refractivity contribution in [3.63, 3.8) is 0 Å². The highest BCUT2D eigenvalue weighted by molar-refractivity contribution is 5.95. The summed E-state index contributed by atoms with van der Waals surface area (Å²) in [6, 6.07) is 5.61. The van der Waals surface area contributed by atoms with E-state index >= 15 is 0 Å². The topological polar surface area (TPSA) is 72.6 Å². The quantitative estimate of drug-likeness (QED) is 0.665. The summed E-state index contributed by atoms with van der Waals surface area (Å²) in [7, 11) is 3.84. The van der Waals surface area contributed by atoms with Gasteiger partial charge in [-0.3, -0.25) is 4.98 Å². The number of fused-ring (bicyclic) bond motifs is 1. The Labute approximate surface area is 133 Å². The van der Waals surface area contributed by atoms with Crippen LogP contribution in [0, 0.1) is 0 Å². The van der Waals surface area contributed by atoms with E-state index in [4.69, 9.17) is 4.74 Å². The molecule has 3 aromatic rings. The summed E-state index contributed by atoms with van der Waals surface area (Å²) in [5.74, 6) is -0.419. The van der Waals surface area contributed by atoms with Crippen molar-refractivity contribution in [2.24, 2.45) is 0 Å². The molecule has 0 spiro atoms. The molecule has 0 radical (unpaired) electrons. The Morgan fingerprint density at radius 2 is 2.13 bits per heavy atom. The maximum atomic E-state index is 12.2. The number of carbonyl (C=O) groups excluding carboxylic acids is 1. The van der Waals surface area contributed by atoms with Crippen molar-refractivity contribution in [3.05, 3.63) is 48.5 Å². The van der Waals surface area contributed by atoms with Crippen LogP contribution < -0.4 is 0 Å². The van der Waals surface area contributed by atoms with Crippen molar-refractivity contribution in [2.75, 3.05) is 27.2 Å². The molecule has 0 aliphatic carbocycles. The number of esters is 1. The molecule has 3 rings (SSSR count). The third kappa shape index (κ3) is 3.19. The van der Waals surface area contributed by atoms with Crippen LogP contribution in [-0.4, -0.2) is 57.7 Å². The lowest BCUT2D eigenvalue weighted by atomic mass is 10.2. The molecule has 0 aliphatic rings. The minimum absolute atomic E-state index is 0.325. The molecule has 0 saturated carbocycles. The van der Waals surface area contributed by atoms with Crippen molar-refractivity contribution >= 4 is 11.6 Å². The van der Waals surface area contributed by atoms with Gasteiger partial charge in [-0.05, 0) is 32.3 Å². The molecule has 0 unspecified atom stereocenters. The van der Waals surface area contributed by atoms with E-state index in [0.717, 1.165) is 11.3 Å². The molecule has 0 amide bonds. The first kappa shape index (κ1) is 15.1. The van der Waals surface area contributed by atoms with Gasteiger partial charge in [-0.1, -0.05) is 0 Å². The first-order valence-electron chi connectivity index (χ1n) is 7.22. The van der Waals surface area contributed by atoms with Crippen molar-refractivity contribution in [2.45, 2.75) is 0 Å². The van der Waals surface area contributed by atoms with E-state index in [0.29, 0.717) is 24.4 Å². The van der Waals surface area contributed by atoms with Gasteiger partial charge < -0.3 is 9.64 Å². The van der Waals surface area contributed by atoms with Gasteiger partial charge in [0, 0.05) is 30.7 Å². The predicted octanol–water partition coefficient (Wildman–Crippen LogP) is 1.51. The van der Waals surface area contributed by atoms with Gasteiger partial charge in [0.25, 0.3) is 0 Å². The second-order valence-corrected chi connectivity index (χ2v) is 5.30. The lowest BCUT2D eigenvalue weighted by molar-refractivity contribution is 0.0484. The molecule has 0 saturated heterocycles. The summed E-state index contributed by atoms with van der Waals surface area (Å²) in [6.07, 6.45) is 6.58. The van der Waals surface area contributed by atoms with Gasteiger partial charge in [0.15, 0.2) is 5.65 Å². The van der Waals surface area contributed by atoms with Gasteiger partial charge >= 0.3 is 5.97 Å². The highest BCUT2D eigenvalue weighted by Gasteiger charge is 2.17. The monoisotopic (exact) mass is 311 g/mol. The molecule has 7 nitrogen and oxygen atoms in total. The van der Waals surface area contributed by atoms with E-state index in [1.807, 2.05) is 37.2 Å². The fourth-order valence-electron chi connectivity index (χ4n) is 2.17. The standard InChI is InChI=1S/C16H17N5O2/c1-20(2)8-9-23-16(22)13-11-19-21-14(5-7-18-15(13)21)12-4-3-6-17-10-12/h3-7,10-11H,8-9H2,1-2H3. The Bertz CT molecular complexity index is 814. The average molecular weight is 311 g/mol. The zero-order valence-electron chi connectivity index (χ0n) is 13.0. The number of carbonyl (C=O) groups is 1. The van der Waals surface area contributed by atoms with E-state index in [9.17, 15) is 4.79 Å². The molecule has 118 valence electrons. The highest BCUT2D eigenvalue weighted by atomic mass is 16.5. The van der Waals surface area contributed by atoms with Crippen molar-refractivity contribution in [1.29, 1.82) is 0 Å². The summed E-state index contributed by atoms with van der Waals surface area (Å²) in [5, 5.41) is 4.27. The van der Waals surface area contributed by atoms with Crippen LogP contribution >= 0.6 is 0 Å². The largest absolute Gasteiger partial charge is 0.461 e. The minimum atomic E-state index is -0.419. The van der Waals surface area contributed by atoms with Gasteiger partial charge in [0.1, 0.15) is 12.2 Å². The van der Waals surface area contributed by atoms with Crippen LogP contribution in [0.5, 0.6) is 0 Å². The van der Waals surface area contributed by atoms with Gasteiger partial charge in [0.2, 0.25) is 0 Å². The van der Waals surface area contributed by atoms with E-state index < -0.39 is 5.97 Å². The molecule has 3 heterocycles. The number of hydrogen-bond acceptors (Lipinski definition) is 6. The molecule has 0 fully saturated rings. The van der Waals surface area contributed by atoms with Crippen LogP contribution in [0.1, 0.15) is 10.4 Å². The second-order valence-electron chi connectivity index (χ2n) is 5.30. The molecule has 0 bridgehead atoms. The number of hydrogen-bond donors (Lipinski definition) is 0. The Morgan fingerprint density at radius 3 is 2.87 bits per heavy atom. The number of aromatic nitrogens is 4. The molecule has 3 aromatic heterocycles. The molecule has 7 heteroatoms. The Hall–Kier alpha value is -2.80. The molecule has 0 aromatic carbocycles. The first-order valence-corrected chi connectivity index (χ1v) is 7.22. The summed E-state index contributed by atoms with van der Waals surface area (Å²) in [6.45, 7) is 0.991. The van der Waals surface area contributed by atoms with Crippen LogP contribution in [0.25, 0.3) is 16.9 Å². The van der Waals surface area contributed by atoms with E-state index in [-0.39, 0.29) is 0 Å². The number of likely N-dealkylation sites (N-methyl/N-ethyl adjacent to an activating group) is 1. The molecule has 23 heavy (non-hydrogen) atoms. The number of nitrogens with zero attached hydrogens (tertiary/aromatic N) is 5. The normalized spacial score (nSPS) is 11.1. The Kier molecular flexibility index (Phi) is 4.29.